The van der Waals surface area contributed by atoms with Gasteiger partial charge >= 0.3 is 0 Å². The molecule has 1 N–H and O–H groups in total. The molecule has 0 saturated carbocycles. The number of hydrogen-bond acceptors (Lipinski definition) is 3. The molecule has 1 fully saturated rings. The summed E-state index contributed by atoms with van der Waals surface area (Å²) in [4.78, 5) is 26.8. The molecular weight excluding hydrogens is 447 g/mol. The van der Waals surface area contributed by atoms with E-state index in [4.69, 9.17) is 27.9 Å². The largest absolute Gasteiger partial charge is 0.457 e. The highest BCUT2D eigenvalue weighted by Gasteiger charge is 2.36. The summed E-state index contributed by atoms with van der Waals surface area (Å²) in [6.07, 6.45) is 0.114. The fraction of sp³-hybridized carbons (Fsp3) is 0.200. The lowest BCUT2D eigenvalue weighted by molar-refractivity contribution is -0.122. The number of aryl methyl sites for hydroxylation is 1. The molecule has 164 valence electrons. The van der Waals surface area contributed by atoms with Gasteiger partial charge in [-0.15, -0.1) is 0 Å². The Balaban J connectivity index is 1.40. The first kappa shape index (κ1) is 22.2. The smallest absolute Gasteiger partial charge is 0.229 e. The minimum absolute atomic E-state index is 0.114. The van der Waals surface area contributed by atoms with Gasteiger partial charge in [0.1, 0.15) is 11.5 Å². The molecule has 0 spiro atoms. The molecule has 1 aliphatic heterocycles. The number of rotatable bonds is 5. The zero-order chi connectivity index (χ0) is 22.8. The van der Waals surface area contributed by atoms with Crippen molar-refractivity contribution in [2.24, 2.45) is 5.92 Å². The monoisotopic (exact) mass is 468 g/mol. The van der Waals surface area contributed by atoms with Crippen LogP contribution in [0.2, 0.25) is 10.0 Å². The quantitative estimate of drug-likeness (QED) is 0.471. The fourth-order valence-electron chi connectivity index (χ4n) is 3.62. The van der Waals surface area contributed by atoms with Gasteiger partial charge in [-0.25, -0.2) is 0 Å². The molecule has 32 heavy (non-hydrogen) atoms. The molecule has 0 radical (unpaired) electrons. The van der Waals surface area contributed by atoms with Crippen LogP contribution in [0.15, 0.2) is 60.7 Å². The third-order valence-electron chi connectivity index (χ3n) is 5.60. The maximum Gasteiger partial charge on any atom is 0.229 e. The number of carbonyl (C=O) groups is 2. The molecule has 5 nitrogen and oxygen atoms in total. The minimum atomic E-state index is -0.483. The van der Waals surface area contributed by atoms with E-state index in [1.165, 1.54) is 4.90 Å². The number of anilines is 2. The lowest BCUT2D eigenvalue weighted by Crippen LogP contribution is -2.28. The van der Waals surface area contributed by atoms with Crippen LogP contribution >= 0.6 is 23.2 Å². The first-order chi connectivity index (χ1) is 15.3. The van der Waals surface area contributed by atoms with E-state index in [1.54, 1.807) is 42.5 Å². The Kier molecular flexibility index (Phi) is 6.40. The molecule has 7 heteroatoms. The highest BCUT2D eigenvalue weighted by Crippen LogP contribution is 2.34. The van der Waals surface area contributed by atoms with Crippen LogP contribution in [0.25, 0.3) is 0 Å². The molecule has 4 rings (SSSR count). The normalized spacial score (nSPS) is 15.7. The lowest BCUT2D eigenvalue weighted by atomic mass is 10.1. The van der Waals surface area contributed by atoms with E-state index < -0.39 is 5.92 Å². The molecule has 0 bridgehead atoms. The van der Waals surface area contributed by atoms with Crippen LogP contribution in [0.3, 0.4) is 0 Å². The number of halogens is 2. The molecule has 0 unspecified atom stereocenters. The van der Waals surface area contributed by atoms with Crippen LogP contribution in [0.4, 0.5) is 11.4 Å². The van der Waals surface area contributed by atoms with Crippen molar-refractivity contribution in [3.63, 3.8) is 0 Å². The SMILES string of the molecule is Cc1cccc(Oc2ccc(NC(=O)[C@@H]3CC(=O)N(c4cc(Cl)ccc4Cl)C3)cc2)c1C. The summed E-state index contributed by atoms with van der Waals surface area (Å²) in [5, 5.41) is 3.78. The highest BCUT2D eigenvalue weighted by molar-refractivity contribution is 6.36. The van der Waals surface area contributed by atoms with Gasteiger partial charge in [0.25, 0.3) is 0 Å². The van der Waals surface area contributed by atoms with E-state index in [0.717, 1.165) is 16.9 Å². The van der Waals surface area contributed by atoms with Crippen molar-refractivity contribution in [1.82, 2.24) is 0 Å². The number of benzene rings is 3. The Morgan fingerprint density at radius 2 is 1.81 bits per heavy atom. The van der Waals surface area contributed by atoms with Gasteiger partial charge in [0.15, 0.2) is 0 Å². The number of amides is 2. The summed E-state index contributed by atoms with van der Waals surface area (Å²) in [5.41, 5.74) is 3.40. The number of nitrogens with zero attached hydrogens (tertiary/aromatic N) is 1. The average Bonchev–Trinajstić information content (AvgIpc) is 3.16. The summed E-state index contributed by atoms with van der Waals surface area (Å²) < 4.78 is 5.96. The van der Waals surface area contributed by atoms with Gasteiger partial charge in [0, 0.05) is 23.7 Å². The molecule has 0 aliphatic carbocycles. The summed E-state index contributed by atoms with van der Waals surface area (Å²) in [5.74, 6) is 0.609. The molecule has 1 aliphatic rings. The second-order valence-corrected chi connectivity index (χ2v) is 8.66. The van der Waals surface area contributed by atoms with Crippen LogP contribution in [-0.4, -0.2) is 18.4 Å². The molecule has 3 aromatic carbocycles. The maximum atomic E-state index is 12.8. The number of nitrogens with one attached hydrogen (secondary N) is 1. The van der Waals surface area contributed by atoms with Crippen molar-refractivity contribution < 1.29 is 14.3 Å². The van der Waals surface area contributed by atoms with Gasteiger partial charge in [0.2, 0.25) is 11.8 Å². The van der Waals surface area contributed by atoms with Crippen LogP contribution < -0.4 is 15.0 Å². The summed E-state index contributed by atoms with van der Waals surface area (Å²) in [6.45, 7) is 4.30. The number of hydrogen-bond donors (Lipinski definition) is 1. The van der Waals surface area contributed by atoms with Gasteiger partial charge in [0.05, 0.1) is 16.6 Å². The Hall–Kier alpha value is -3.02. The Morgan fingerprint density at radius 3 is 2.56 bits per heavy atom. The van der Waals surface area contributed by atoms with Crippen molar-refractivity contribution >= 4 is 46.4 Å². The van der Waals surface area contributed by atoms with Crippen molar-refractivity contribution in [1.29, 1.82) is 0 Å². The van der Waals surface area contributed by atoms with Gasteiger partial charge in [-0.3, -0.25) is 9.59 Å². The van der Waals surface area contributed by atoms with Gasteiger partial charge in [-0.05, 0) is 73.5 Å². The standard InChI is InChI=1S/C25H22Cl2N2O3/c1-15-4-3-5-23(16(15)2)32-20-9-7-19(8-10-20)28-25(31)17-12-24(30)29(14-17)22-13-18(26)6-11-21(22)27/h3-11,13,17H,12,14H2,1-2H3,(H,28,31)/t17-/m1/s1. The van der Waals surface area contributed by atoms with E-state index in [2.05, 4.69) is 5.32 Å². The predicted octanol–water partition coefficient (Wildman–Crippen LogP) is 6.39. The first-order valence-corrected chi connectivity index (χ1v) is 11.0. The van der Waals surface area contributed by atoms with Gasteiger partial charge in [-0.1, -0.05) is 35.3 Å². The number of ether oxygens (including phenoxy) is 1. The topological polar surface area (TPSA) is 58.6 Å². The van der Waals surface area contributed by atoms with Crippen molar-refractivity contribution in [3.8, 4) is 11.5 Å². The number of carbonyl (C=O) groups excluding carboxylic acids is 2. The molecule has 0 aromatic heterocycles. The maximum absolute atomic E-state index is 12.8. The van der Waals surface area contributed by atoms with E-state index in [9.17, 15) is 9.59 Å². The van der Waals surface area contributed by atoms with Gasteiger partial charge < -0.3 is 15.0 Å². The Labute approximate surface area is 196 Å². The van der Waals surface area contributed by atoms with Crippen molar-refractivity contribution in [3.05, 3.63) is 81.8 Å². The third kappa shape index (κ3) is 4.74. The van der Waals surface area contributed by atoms with E-state index in [-0.39, 0.29) is 24.8 Å². The third-order valence-corrected chi connectivity index (χ3v) is 6.15. The molecule has 1 heterocycles. The molecular formula is C25H22Cl2N2O3. The van der Waals surface area contributed by atoms with Crippen LogP contribution in [-0.2, 0) is 9.59 Å². The van der Waals surface area contributed by atoms with Gasteiger partial charge in [-0.2, -0.15) is 0 Å². The predicted molar refractivity (Wildman–Crippen MR) is 128 cm³/mol. The zero-order valence-corrected chi connectivity index (χ0v) is 19.2. The summed E-state index contributed by atoms with van der Waals surface area (Å²) >= 11 is 12.3. The first-order valence-electron chi connectivity index (χ1n) is 10.2. The van der Waals surface area contributed by atoms with Crippen molar-refractivity contribution in [2.45, 2.75) is 20.3 Å². The van der Waals surface area contributed by atoms with E-state index in [1.807, 2.05) is 32.0 Å². The molecule has 1 saturated heterocycles. The minimum Gasteiger partial charge on any atom is -0.457 e. The highest BCUT2D eigenvalue weighted by atomic mass is 35.5. The van der Waals surface area contributed by atoms with Crippen LogP contribution in [0, 0.1) is 19.8 Å². The summed E-state index contributed by atoms with van der Waals surface area (Å²) in [6, 6.07) is 18.0. The van der Waals surface area contributed by atoms with E-state index >= 15 is 0 Å². The Morgan fingerprint density at radius 1 is 1.06 bits per heavy atom. The van der Waals surface area contributed by atoms with Crippen molar-refractivity contribution in [2.75, 3.05) is 16.8 Å². The zero-order valence-electron chi connectivity index (χ0n) is 17.7. The average molecular weight is 469 g/mol. The fourth-order valence-corrected chi connectivity index (χ4v) is 4.01. The lowest BCUT2D eigenvalue weighted by Gasteiger charge is -2.18. The Bertz CT molecular complexity index is 1180. The molecule has 2 amide bonds. The van der Waals surface area contributed by atoms with Crippen LogP contribution in [0.5, 0.6) is 11.5 Å². The molecule has 1 atom stereocenters. The molecule has 3 aromatic rings. The second kappa shape index (κ2) is 9.23. The second-order valence-electron chi connectivity index (χ2n) is 7.81. The summed E-state index contributed by atoms with van der Waals surface area (Å²) in [7, 11) is 0. The van der Waals surface area contributed by atoms with E-state index in [0.29, 0.717) is 27.2 Å². The van der Waals surface area contributed by atoms with Crippen LogP contribution in [0.1, 0.15) is 17.5 Å².